The van der Waals surface area contributed by atoms with E-state index in [1.807, 2.05) is 31.2 Å². The molecule has 3 aromatic rings. The summed E-state index contributed by atoms with van der Waals surface area (Å²) >= 11 is 0. The lowest BCUT2D eigenvalue weighted by molar-refractivity contribution is -0.132. The molecule has 7 heteroatoms. The number of Topliss-reactive ketones (excluding diaryl/α,β-unsaturated/α-hetero) is 1. The van der Waals surface area contributed by atoms with Gasteiger partial charge in [-0.15, -0.1) is 0 Å². The van der Waals surface area contributed by atoms with Gasteiger partial charge in [-0.25, -0.2) is 0 Å². The average molecular weight is 430 g/mol. The largest absolute Gasteiger partial charge is 0.507 e. The second-order valence-electron chi connectivity index (χ2n) is 7.50. The minimum absolute atomic E-state index is 0.0146. The fourth-order valence-corrected chi connectivity index (χ4v) is 3.62. The van der Waals surface area contributed by atoms with Gasteiger partial charge < -0.3 is 14.4 Å². The minimum atomic E-state index is -0.850. The molecule has 1 N–H and O–H groups in total. The van der Waals surface area contributed by atoms with Gasteiger partial charge in [0.15, 0.2) is 5.82 Å². The van der Waals surface area contributed by atoms with Crippen LogP contribution in [-0.4, -0.2) is 28.6 Å². The summed E-state index contributed by atoms with van der Waals surface area (Å²) in [4.78, 5) is 27.3. The van der Waals surface area contributed by atoms with Gasteiger partial charge in [0.1, 0.15) is 23.9 Å². The Labute approximate surface area is 185 Å². The number of rotatable bonds is 6. The first-order chi connectivity index (χ1) is 15.4. The van der Waals surface area contributed by atoms with Crippen LogP contribution in [0.1, 0.15) is 28.5 Å². The molecule has 0 bridgehead atoms. The SMILES string of the molecule is C=CCOc1ccc(C(O)=C2C(=O)C(=O)N(c3cc(C)on3)[C@@H]2c2ccc(C)cc2)cc1. The maximum absolute atomic E-state index is 13.1. The summed E-state index contributed by atoms with van der Waals surface area (Å²) in [6, 6.07) is 14.8. The zero-order valence-corrected chi connectivity index (χ0v) is 17.7. The molecule has 1 aliphatic rings. The Kier molecular flexibility index (Phi) is 5.64. The van der Waals surface area contributed by atoms with E-state index in [4.69, 9.17) is 9.26 Å². The summed E-state index contributed by atoms with van der Waals surface area (Å²) < 4.78 is 10.6. The summed E-state index contributed by atoms with van der Waals surface area (Å²) in [5, 5.41) is 15.0. The first kappa shape index (κ1) is 21.1. The number of carbonyl (C=O) groups is 2. The summed E-state index contributed by atoms with van der Waals surface area (Å²) in [7, 11) is 0. The standard InChI is InChI=1S/C25H22N2O5/c1-4-13-31-19-11-9-18(10-12-19)23(28)21-22(17-7-5-15(2)6-8-17)27(25(30)24(21)29)20-14-16(3)32-26-20/h4-12,14,22,28H,1,13H2,2-3H3/t22-/m1/s1. The molecule has 7 nitrogen and oxygen atoms in total. The van der Waals surface area contributed by atoms with E-state index in [9.17, 15) is 14.7 Å². The fourth-order valence-electron chi connectivity index (χ4n) is 3.62. The van der Waals surface area contributed by atoms with Crippen LogP contribution in [0.4, 0.5) is 5.82 Å². The van der Waals surface area contributed by atoms with Crippen LogP contribution in [0.25, 0.3) is 5.76 Å². The molecule has 1 atom stereocenters. The number of hydrogen-bond donors (Lipinski definition) is 1. The van der Waals surface area contributed by atoms with E-state index < -0.39 is 17.7 Å². The molecule has 0 spiro atoms. The van der Waals surface area contributed by atoms with Crippen molar-refractivity contribution >= 4 is 23.3 Å². The monoisotopic (exact) mass is 430 g/mol. The molecular weight excluding hydrogens is 408 g/mol. The zero-order valence-electron chi connectivity index (χ0n) is 17.7. The number of aromatic nitrogens is 1. The summed E-state index contributed by atoms with van der Waals surface area (Å²) in [5.74, 6) is -0.541. The van der Waals surface area contributed by atoms with Gasteiger partial charge in [0.2, 0.25) is 0 Å². The van der Waals surface area contributed by atoms with Crippen LogP contribution in [0, 0.1) is 13.8 Å². The van der Waals surface area contributed by atoms with Gasteiger partial charge >= 0.3 is 5.91 Å². The molecule has 1 saturated heterocycles. The summed E-state index contributed by atoms with van der Waals surface area (Å²) in [6.45, 7) is 7.60. The molecule has 0 aliphatic carbocycles. The number of benzene rings is 2. The van der Waals surface area contributed by atoms with Gasteiger partial charge in [0, 0.05) is 11.6 Å². The summed E-state index contributed by atoms with van der Waals surface area (Å²) in [6.07, 6.45) is 1.63. The van der Waals surface area contributed by atoms with Gasteiger partial charge in [-0.2, -0.15) is 0 Å². The second kappa shape index (κ2) is 8.55. The van der Waals surface area contributed by atoms with Crippen molar-refractivity contribution in [1.29, 1.82) is 0 Å². The molecule has 2 heterocycles. The van der Waals surface area contributed by atoms with Gasteiger partial charge in [-0.3, -0.25) is 14.5 Å². The van der Waals surface area contributed by atoms with Crippen LogP contribution in [0.3, 0.4) is 0 Å². The quantitative estimate of drug-likeness (QED) is 0.268. The van der Waals surface area contributed by atoms with Crippen molar-refractivity contribution in [2.24, 2.45) is 0 Å². The molecule has 32 heavy (non-hydrogen) atoms. The van der Waals surface area contributed by atoms with Crippen LogP contribution >= 0.6 is 0 Å². The lowest BCUT2D eigenvalue weighted by Gasteiger charge is -2.23. The van der Waals surface area contributed by atoms with Crippen molar-refractivity contribution in [1.82, 2.24) is 5.16 Å². The van der Waals surface area contributed by atoms with Crippen molar-refractivity contribution < 1.29 is 24.0 Å². The highest BCUT2D eigenvalue weighted by molar-refractivity contribution is 6.51. The number of aryl methyl sites for hydroxylation is 2. The molecular formula is C25H22N2O5. The van der Waals surface area contributed by atoms with E-state index in [1.54, 1.807) is 43.3 Å². The highest BCUT2D eigenvalue weighted by Crippen LogP contribution is 2.42. The third kappa shape index (κ3) is 3.80. The second-order valence-corrected chi connectivity index (χ2v) is 7.50. The van der Waals surface area contributed by atoms with Crippen LogP contribution in [0.5, 0.6) is 5.75 Å². The number of ether oxygens (including phenoxy) is 1. The Morgan fingerprint density at radius 1 is 1.16 bits per heavy atom. The molecule has 2 aromatic carbocycles. The predicted molar refractivity (Wildman–Crippen MR) is 119 cm³/mol. The number of carbonyl (C=O) groups excluding carboxylic acids is 2. The number of ketones is 1. The van der Waals surface area contributed by atoms with Crippen molar-refractivity contribution in [3.8, 4) is 5.75 Å². The zero-order chi connectivity index (χ0) is 22.8. The molecule has 0 radical (unpaired) electrons. The van der Waals surface area contributed by atoms with E-state index in [0.29, 0.717) is 29.2 Å². The normalized spacial score (nSPS) is 17.6. The Balaban J connectivity index is 1.84. The van der Waals surface area contributed by atoms with Crippen molar-refractivity contribution in [3.05, 3.63) is 95.3 Å². The van der Waals surface area contributed by atoms with Crippen LogP contribution < -0.4 is 9.64 Å². The Bertz CT molecular complexity index is 1210. The minimum Gasteiger partial charge on any atom is -0.507 e. The van der Waals surface area contributed by atoms with E-state index in [1.165, 1.54) is 4.90 Å². The highest BCUT2D eigenvalue weighted by Gasteiger charge is 2.48. The molecule has 0 saturated carbocycles. The third-order valence-corrected chi connectivity index (χ3v) is 5.20. The van der Waals surface area contributed by atoms with E-state index in [2.05, 4.69) is 11.7 Å². The summed E-state index contributed by atoms with van der Waals surface area (Å²) in [5.41, 5.74) is 2.07. The predicted octanol–water partition coefficient (Wildman–Crippen LogP) is 4.48. The maximum atomic E-state index is 13.1. The number of amides is 1. The number of anilines is 1. The van der Waals surface area contributed by atoms with E-state index >= 15 is 0 Å². The number of aliphatic hydroxyl groups is 1. The number of hydrogen-bond acceptors (Lipinski definition) is 6. The van der Waals surface area contributed by atoms with E-state index in [-0.39, 0.29) is 17.2 Å². The maximum Gasteiger partial charge on any atom is 0.301 e. The number of aliphatic hydroxyl groups excluding tert-OH is 1. The smallest absolute Gasteiger partial charge is 0.301 e. The van der Waals surface area contributed by atoms with Gasteiger partial charge in [-0.1, -0.05) is 47.6 Å². The Hall–Kier alpha value is -4.13. The molecule has 1 fully saturated rings. The molecule has 4 rings (SSSR count). The van der Waals surface area contributed by atoms with E-state index in [0.717, 1.165) is 5.56 Å². The van der Waals surface area contributed by atoms with Crippen molar-refractivity contribution in [2.45, 2.75) is 19.9 Å². The Morgan fingerprint density at radius 3 is 2.44 bits per heavy atom. The van der Waals surface area contributed by atoms with Gasteiger partial charge in [-0.05, 0) is 43.7 Å². The molecule has 0 unspecified atom stereocenters. The van der Waals surface area contributed by atoms with Crippen molar-refractivity contribution in [2.75, 3.05) is 11.5 Å². The average Bonchev–Trinajstić information content (AvgIpc) is 3.33. The molecule has 1 aliphatic heterocycles. The van der Waals surface area contributed by atoms with Gasteiger partial charge in [0.25, 0.3) is 5.78 Å². The van der Waals surface area contributed by atoms with Crippen molar-refractivity contribution in [3.63, 3.8) is 0 Å². The Morgan fingerprint density at radius 2 is 1.84 bits per heavy atom. The lowest BCUT2D eigenvalue weighted by Crippen LogP contribution is -2.29. The van der Waals surface area contributed by atoms with Crippen LogP contribution in [0.15, 0.2) is 77.3 Å². The van der Waals surface area contributed by atoms with Crippen LogP contribution in [0.2, 0.25) is 0 Å². The first-order valence-electron chi connectivity index (χ1n) is 10.1. The molecule has 162 valence electrons. The molecule has 1 aromatic heterocycles. The topological polar surface area (TPSA) is 92.9 Å². The fraction of sp³-hybridized carbons (Fsp3) is 0.160. The lowest BCUT2D eigenvalue weighted by atomic mass is 9.94. The number of nitrogens with zero attached hydrogens (tertiary/aromatic N) is 2. The molecule has 1 amide bonds. The third-order valence-electron chi connectivity index (χ3n) is 5.20. The van der Waals surface area contributed by atoms with Gasteiger partial charge in [0.05, 0.1) is 11.6 Å². The highest BCUT2D eigenvalue weighted by atomic mass is 16.5. The first-order valence-corrected chi connectivity index (χ1v) is 10.1. The van der Waals surface area contributed by atoms with Crippen LogP contribution in [-0.2, 0) is 9.59 Å².